The molecule has 0 atom stereocenters. The molecule has 0 saturated carbocycles. The van der Waals surface area contributed by atoms with Gasteiger partial charge in [-0.25, -0.2) is 0 Å². The second-order valence-corrected chi connectivity index (χ2v) is 5.26. The zero-order chi connectivity index (χ0) is 11.8. The first-order valence-corrected chi connectivity index (χ1v) is 8.33. The molecule has 0 spiro atoms. The van der Waals surface area contributed by atoms with Crippen molar-refractivity contribution < 1.29 is 38.3 Å². The minimum absolute atomic E-state index is 1.28. The van der Waals surface area contributed by atoms with Crippen molar-refractivity contribution in [3.63, 3.8) is 0 Å². The SMILES string of the molecule is CC[N+](CC)(CC)CC.[O-][I+3]([O-])([O-])O. The van der Waals surface area contributed by atoms with Crippen LogP contribution in [0.25, 0.3) is 0 Å². The van der Waals surface area contributed by atoms with Gasteiger partial charge in [0.1, 0.15) is 0 Å². The number of halogens is 1. The highest BCUT2D eigenvalue weighted by molar-refractivity contribution is 4.31. The predicted molar refractivity (Wildman–Crippen MR) is 44.6 cm³/mol. The number of rotatable bonds is 4. The number of hydrogen-bond acceptors (Lipinski definition) is 4. The van der Waals surface area contributed by atoms with Crippen molar-refractivity contribution in [3.05, 3.63) is 0 Å². The van der Waals surface area contributed by atoms with Crippen LogP contribution in [0.4, 0.5) is 0 Å². The van der Waals surface area contributed by atoms with E-state index >= 15 is 0 Å². The van der Waals surface area contributed by atoms with Gasteiger partial charge in [0.15, 0.2) is 0 Å². The normalized spacial score (nSPS) is 12.0. The minimum atomic E-state index is -5.69. The smallest absolute Gasteiger partial charge is 0.325 e. The highest BCUT2D eigenvalue weighted by atomic mass is 127. The van der Waals surface area contributed by atoms with Crippen molar-refractivity contribution in [1.82, 2.24) is 0 Å². The summed E-state index contributed by atoms with van der Waals surface area (Å²) >= 11 is -5.69. The first-order valence-electron chi connectivity index (χ1n) is 4.73. The highest BCUT2D eigenvalue weighted by Gasteiger charge is 2.16. The number of nitrogens with zero attached hydrogens (tertiary/aromatic N) is 1. The Balaban J connectivity index is 0. The Kier molecular flexibility index (Phi) is 9.41. The van der Waals surface area contributed by atoms with Gasteiger partial charge < -0.3 is 4.48 Å². The topological polar surface area (TPSA) is 89.4 Å². The molecule has 0 saturated heterocycles. The van der Waals surface area contributed by atoms with Gasteiger partial charge >= 0.3 is 20.1 Å². The fourth-order valence-electron chi connectivity index (χ4n) is 1.34. The second-order valence-electron chi connectivity index (χ2n) is 3.00. The zero-order valence-corrected chi connectivity index (χ0v) is 11.5. The maximum atomic E-state index is 8.73. The lowest BCUT2D eigenvalue weighted by Crippen LogP contribution is -4.23. The summed E-state index contributed by atoms with van der Waals surface area (Å²) in [5.74, 6) is 0. The molecular formula is C8H21INO4+. The maximum Gasteiger partial charge on any atom is 0.368 e. The fourth-order valence-corrected chi connectivity index (χ4v) is 1.34. The standard InChI is InChI=1S/C8H20N.HIO4/c1-5-9(6-2,7-3)8-4;2-1(3,4)5/h5-8H2,1-4H3;2H/q+1;. The van der Waals surface area contributed by atoms with Gasteiger partial charge in [0.25, 0.3) is 0 Å². The summed E-state index contributed by atoms with van der Waals surface area (Å²) in [5, 5.41) is 0. The molecule has 88 valence electrons. The van der Waals surface area contributed by atoms with Crippen LogP contribution in [-0.4, -0.2) is 34.1 Å². The molecule has 0 amide bonds. The molecule has 0 fully saturated rings. The highest BCUT2D eigenvalue weighted by Crippen LogP contribution is 2.03. The fraction of sp³-hybridized carbons (Fsp3) is 1.00. The lowest BCUT2D eigenvalue weighted by atomic mass is 10.3. The Hall–Kier alpha value is 0.530. The summed E-state index contributed by atoms with van der Waals surface area (Å²) in [5.41, 5.74) is 0. The van der Waals surface area contributed by atoms with Gasteiger partial charge in [0.2, 0.25) is 0 Å². The monoisotopic (exact) mass is 322 g/mol. The molecule has 0 bridgehead atoms. The molecule has 0 aromatic heterocycles. The maximum absolute atomic E-state index is 8.73. The molecule has 0 radical (unpaired) electrons. The Morgan fingerprint density at radius 2 is 1.00 bits per heavy atom. The first-order chi connectivity index (χ1) is 6.24. The van der Waals surface area contributed by atoms with Gasteiger partial charge in [-0.2, -0.15) is 0 Å². The van der Waals surface area contributed by atoms with Crippen molar-refractivity contribution in [2.24, 2.45) is 0 Å². The van der Waals surface area contributed by atoms with Gasteiger partial charge in [-0.05, 0) is 27.7 Å². The van der Waals surface area contributed by atoms with E-state index in [2.05, 4.69) is 27.7 Å². The van der Waals surface area contributed by atoms with Crippen molar-refractivity contribution in [2.75, 3.05) is 26.2 Å². The van der Waals surface area contributed by atoms with E-state index < -0.39 is 20.1 Å². The van der Waals surface area contributed by atoms with Gasteiger partial charge in [0, 0.05) is 3.44 Å². The summed E-state index contributed by atoms with van der Waals surface area (Å²) in [7, 11) is 0. The Labute approximate surface area is 92.3 Å². The molecule has 1 N–H and O–H groups in total. The Morgan fingerprint density at radius 1 is 0.857 bits per heavy atom. The van der Waals surface area contributed by atoms with Crippen LogP contribution in [0.2, 0.25) is 0 Å². The van der Waals surface area contributed by atoms with E-state index in [9.17, 15) is 0 Å². The molecule has 0 aliphatic heterocycles. The van der Waals surface area contributed by atoms with Crippen LogP contribution in [0, 0.1) is 0 Å². The van der Waals surface area contributed by atoms with Crippen molar-refractivity contribution in [1.29, 1.82) is 0 Å². The molecule has 0 aromatic carbocycles. The molecular weight excluding hydrogens is 301 g/mol. The first kappa shape index (κ1) is 16.9. The zero-order valence-electron chi connectivity index (χ0n) is 9.33. The molecule has 0 aliphatic carbocycles. The van der Waals surface area contributed by atoms with Crippen LogP contribution in [0.15, 0.2) is 0 Å². The van der Waals surface area contributed by atoms with E-state index in [4.69, 9.17) is 13.7 Å². The van der Waals surface area contributed by atoms with E-state index in [1.54, 1.807) is 0 Å². The van der Waals surface area contributed by atoms with E-state index in [-0.39, 0.29) is 0 Å². The van der Waals surface area contributed by atoms with Crippen LogP contribution in [0.3, 0.4) is 0 Å². The summed E-state index contributed by atoms with van der Waals surface area (Å²) in [4.78, 5) is 0. The van der Waals surface area contributed by atoms with E-state index in [0.29, 0.717) is 0 Å². The van der Waals surface area contributed by atoms with Crippen molar-refractivity contribution in [2.45, 2.75) is 27.7 Å². The van der Waals surface area contributed by atoms with Gasteiger partial charge in [-0.1, -0.05) is 0 Å². The summed E-state index contributed by atoms with van der Waals surface area (Å²) < 4.78 is 34.5. The van der Waals surface area contributed by atoms with Gasteiger partial charge in [-0.15, -0.1) is 0 Å². The lowest BCUT2D eigenvalue weighted by molar-refractivity contribution is -1.92. The largest absolute Gasteiger partial charge is 0.368 e. The second kappa shape index (κ2) is 7.77. The van der Waals surface area contributed by atoms with E-state index in [1.807, 2.05) is 0 Å². The van der Waals surface area contributed by atoms with Crippen LogP contribution >= 0.6 is 0 Å². The van der Waals surface area contributed by atoms with Crippen molar-refractivity contribution >= 4 is 0 Å². The average molecular weight is 322 g/mol. The molecule has 6 heteroatoms. The summed E-state index contributed by atoms with van der Waals surface area (Å²) in [6.07, 6.45) is 0. The molecule has 5 nitrogen and oxygen atoms in total. The third-order valence-electron chi connectivity index (χ3n) is 2.68. The molecule has 0 heterocycles. The summed E-state index contributed by atoms with van der Waals surface area (Å²) in [6, 6.07) is 0. The molecule has 0 aromatic rings. The Bertz CT molecular complexity index is 110. The third-order valence-corrected chi connectivity index (χ3v) is 2.68. The van der Waals surface area contributed by atoms with Crippen LogP contribution in [0.1, 0.15) is 27.7 Å². The average Bonchev–Trinajstić information content (AvgIpc) is 2.07. The van der Waals surface area contributed by atoms with Gasteiger partial charge in [-0.3, -0.25) is 10.3 Å². The van der Waals surface area contributed by atoms with Gasteiger partial charge in [0.05, 0.1) is 26.2 Å². The number of quaternary nitrogens is 1. The van der Waals surface area contributed by atoms with Crippen LogP contribution in [0.5, 0.6) is 0 Å². The predicted octanol–water partition coefficient (Wildman–Crippen LogP) is -5.24. The van der Waals surface area contributed by atoms with Crippen LogP contribution < -0.4 is 30.4 Å². The lowest BCUT2D eigenvalue weighted by Gasteiger charge is -2.34. The molecule has 14 heavy (non-hydrogen) atoms. The van der Waals surface area contributed by atoms with E-state index in [0.717, 1.165) is 0 Å². The molecule has 0 rings (SSSR count). The minimum Gasteiger partial charge on any atom is -0.325 e. The summed E-state index contributed by atoms with van der Waals surface area (Å²) in [6.45, 7) is 14.2. The molecule has 0 aliphatic rings. The number of hydrogen-bond donors (Lipinski definition) is 1. The van der Waals surface area contributed by atoms with Crippen LogP contribution in [-0.2, 0) is 0 Å². The third kappa shape index (κ3) is 10.6. The van der Waals surface area contributed by atoms with Crippen molar-refractivity contribution in [3.8, 4) is 0 Å². The Morgan fingerprint density at radius 3 is 1.00 bits per heavy atom. The molecule has 0 unspecified atom stereocenters. The quantitative estimate of drug-likeness (QED) is 0.414. The van der Waals surface area contributed by atoms with E-state index in [1.165, 1.54) is 30.7 Å².